The SMILES string of the molecule is CCCCC12OC3C(=O)C4CC3C1C4C(=O)N2C. The van der Waals surface area contributed by atoms with Crippen LogP contribution in [0.15, 0.2) is 0 Å². The van der Waals surface area contributed by atoms with Crippen molar-refractivity contribution in [1.29, 1.82) is 0 Å². The van der Waals surface area contributed by atoms with Crippen molar-refractivity contribution in [1.82, 2.24) is 4.90 Å². The molecule has 4 nitrogen and oxygen atoms in total. The Bertz CT molecular complexity index is 448. The number of ether oxygens (including phenoxy) is 1. The zero-order valence-corrected chi connectivity index (χ0v) is 10.9. The van der Waals surface area contributed by atoms with Gasteiger partial charge in [-0.2, -0.15) is 0 Å². The van der Waals surface area contributed by atoms with Gasteiger partial charge in [0.15, 0.2) is 5.78 Å². The van der Waals surface area contributed by atoms with Crippen LogP contribution in [0.25, 0.3) is 0 Å². The first-order chi connectivity index (χ1) is 8.62. The Morgan fingerprint density at radius 3 is 2.94 bits per heavy atom. The molecule has 0 N–H and O–H groups in total. The molecule has 2 aliphatic carbocycles. The van der Waals surface area contributed by atoms with E-state index in [1.807, 2.05) is 11.9 Å². The van der Waals surface area contributed by atoms with Crippen molar-refractivity contribution < 1.29 is 14.3 Å². The number of likely N-dealkylation sites (tertiary alicyclic amines) is 1. The second-order valence-corrected chi connectivity index (χ2v) is 6.34. The van der Waals surface area contributed by atoms with Crippen LogP contribution in [-0.4, -0.2) is 35.5 Å². The molecule has 6 atom stereocenters. The third-order valence-corrected chi connectivity index (χ3v) is 5.77. The molecule has 1 amide bonds. The van der Waals surface area contributed by atoms with Gasteiger partial charge in [-0.15, -0.1) is 0 Å². The van der Waals surface area contributed by atoms with E-state index in [4.69, 9.17) is 4.74 Å². The van der Waals surface area contributed by atoms with Crippen molar-refractivity contribution in [2.75, 3.05) is 7.05 Å². The van der Waals surface area contributed by atoms with E-state index >= 15 is 0 Å². The average molecular weight is 249 g/mol. The van der Waals surface area contributed by atoms with Crippen molar-refractivity contribution in [3.63, 3.8) is 0 Å². The molecule has 18 heavy (non-hydrogen) atoms. The van der Waals surface area contributed by atoms with E-state index in [9.17, 15) is 9.59 Å². The summed E-state index contributed by atoms with van der Waals surface area (Å²) in [6.45, 7) is 2.15. The second-order valence-electron chi connectivity index (χ2n) is 6.34. The summed E-state index contributed by atoms with van der Waals surface area (Å²) in [5.74, 6) is 0.859. The Kier molecular flexibility index (Phi) is 1.92. The number of carbonyl (C=O) groups excluding carboxylic acids is 2. The lowest BCUT2D eigenvalue weighted by Crippen LogP contribution is -2.48. The molecule has 2 aliphatic heterocycles. The standard InChI is InChI=1S/C14H19NO3/c1-3-4-5-14-10-8-6-7(11(16)12(8)18-14)9(10)13(17)15(14)2/h7-10,12H,3-6H2,1-2H3. The molecule has 2 saturated carbocycles. The first-order valence-corrected chi connectivity index (χ1v) is 7.11. The lowest BCUT2D eigenvalue weighted by Gasteiger charge is -2.36. The molecule has 2 heterocycles. The van der Waals surface area contributed by atoms with Crippen molar-refractivity contribution in [3.8, 4) is 0 Å². The zero-order chi connectivity index (χ0) is 12.7. The summed E-state index contributed by atoms with van der Waals surface area (Å²) in [6, 6.07) is 0. The maximum absolute atomic E-state index is 12.4. The largest absolute Gasteiger partial charge is 0.344 e. The highest BCUT2D eigenvalue weighted by molar-refractivity contribution is 5.98. The molecule has 4 heteroatoms. The third-order valence-electron chi connectivity index (χ3n) is 5.77. The number of Topliss-reactive ketones (excluding diaryl/α,β-unsaturated/α-hetero) is 1. The predicted molar refractivity (Wildman–Crippen MR) is 63.5 cm³/mol. The van der Waals surface area contributed by atoms with Gasteiger partial charge in [0.2, 0.25) is 5.91 Å². The maximum Gasteiger partial charge on any atom is 0.228 e. The van der Waals surface area contributed by atoms with Gasteiger partial charge in [0.05, 0.1) is 5.92 Å². The van der Waals surface area contributed by atoms with Crippen LogP contribution >= 0.6 is 0 Å². The molecule has 0 spiro atoms. The highest BCUT2D eigenvalue weighted by atomic mass is 16.5. The van der Waals surface area contributed by atoms with Crippen molar-refractivity contribution >= 4 is 11.7 Å². The third kappa shape index (κ3) is 0.921. The van der Waals surface area contributed by atoms with Gasteiger partial charge in [-0.05, 0) is 19.3 Å². The molecular formula is C14H19NO3. The topological polar surface area (TPSA) is 46.6 Å². The fourth-order valence-electron chi connectivity index (χ4n) is 5.05. The predicted octanol–water partition coefficient (Wildman–Crippen LogP) is 1.19. The molecule has 4 fully saturated rings. The maximum atomic E-state index is 12.4. The van der Waals surface area contributed by atoms with Crippen molar-refractivity contribution in [2.24, 2.45) is 23.7 Å². The summed E-state index contributed by atoms with van der Waals surface area (Å²) in [4.78, 5) is 26.4. The Morgan fingerprint density at radius 2 is 2.22 bits per heavy atom. The second kappa shape index (κ2) is 3.16. The van der Waals surface area contributed by atoms with E-state index < -0.39 is 5.72 Å². The van der Waals surface area contributed by atoms with Crippen molar-refractivity contribution in [2.45, 2.75) is 44.4 Å². The van der Waals surface area contributed by atoms with Crippen LogP contribution < -0.4 is 0 Å². The lowest BCUT2D eigenvalue weighted by atomic mass is 9.76. The fourth-order valence-corrected chi connectivity index (χ4v) is 5.05. The number of hydrogen-bond donors (Lipinski definition) is 0. The summed E-state index contributed by atoms with van der Waals surface area (Å²) in [5, 5.41) is 0. The number of rotatable bonds is 3. The molecule has 4 aliphatic rings. The van der Waals surface area contributed by atoms with Crippen LogP contribution in [0.4, 0.5) is 0 Å². The molecule has 0 aromatic heterocycles. The summed E-state index contributed by atoms with van der Waals surface area (Å²) in [6.07, 6.45) is 3.73. The fraction of sp³-hybridized carbons (Fsp3) is 0.857. The van der Waals surface area contributed by atoms with Crippen LogP contribution in [0, 0.1) is 23.7 Å². The van der Waals surface area contributed by atoms with E-state index in [1.54, 1.807) is 0 Å². The Hall–Kier alpha value is -0.900. The van der Waals surface area contributed by atoms with Gasteiger partial charge in [0, 0.05) is 24.8 Å². The number of nitrogens with zero attached hydrogens (tertiary/aromatic N) is 1. The lowest BCUT2D eigenvalue weighted by molar-refractivity contribution is -0.168. The number of unbranched alkanes of at least 4 members (excludes halogenated alkanes) is 1. The summed E-state index contributed by atoms with van der Waals surface area (Å²) >= 11 is 0. The first-order valence-electron chi connectivity index (χ1n) is 7.11. The summed E-state index contributed by atoms with van der Waals surface area (Å²) < 4.78 is 6.17. The van der Waals surface area contributed by atoms with Crippen LogP contribution in [0.2, 0.25) is 0 Å². The van der Waals surface area contributed by atoms with E-state index in [0.717, 1.165) is 25.7 Å². The average Bonchev–Trinajstić information content (AvgIpc) is 3.00. The van der Waals surface area contributed by atoms with Crippen LogP contribution in [0.5, 0.6) is 0 Å². The number of ketones is 1. The first kappa shape index (κ1) is 11.0. The highest BCUT2D eigenvalue weighted by Gasteiger charge is 2.77. The van der Waals surface area contributed by atoms with Crippen LogP contribution in [0.3, 0.4) is 0 Å². The Balaban J connectivity index is 1.80. The number of amides is 1. The summed E-state index contributed by atoms with van der Waals surface area (Å²) in [7, 11) is 1.86. The van der Waals surface area contributed by atoms with Crippen LogP contribution in [0.1, 0.15) is 32.6 Å². The van der Waals surface area contributed by atoms with Gasteiger partial charge >= 0.3 is 0 Å². The van der Waals surface area contributed by atoms with E-state index in [2.05, 4.69) is 6.92 Å². The van der Waals surface area contributed by atoms with Gasteiger partial charge in [0.25, 0.3) is 0 Å². The molecular weight excluding hydrogens is 230 g/mol. The molecule has 6 unspecified atom stereocenters. The molecule has 2 bridgehead atoms. The molecule has 0 radical (unpaired) electrons. The van der Waals surface area contributed by atoms with Gasteiger partial charge < -0.3 is 9.64 Å². The van der Waals surface area contributed by atoms with E-state index in [0.29, 0.717) is 5.92 Å². The molecule has 0 aromatic carbocycles. The molecule has 2 saturated heterocycles. The minimum Gasteiger partial charge on any atom is -0.344 e. The minimum atomic E-state index is -0.450. The van der Waals surface area contributed by atoms with Crippen LogP contribution in [-0.2, 0) is 14.3 Å². The Morgan fingerprint density at radius 1 is 1.44 bits per heavy atom. The van der Waals surface area contributed by atoms with Gasteiger partial charge in [-0.3, -0.25) is 9.59 Å². The quantitative estimate of drug-likeness (QED) is 0.755. The highest BCUT2D eigenvalue weighted by Crippen LogP contribution is 2.66. The molecule has 4 rings (SSSR count). The van der Waals surface area contributed by atoms with Gasteiger partial charge in [-0.25, -0.2) is 0 Å². The number of hydrogen-bond acceptors (Lipinski definition) is 3. The van der Waals surface area contributed by atoms with Gasteiger partial charge in [0.1, 0.15) is 11.8 Å². The number of carbonyl (C=O) groups is 2. The summed E-state index contributed by atoms with van der Waals surface area (Å²) in [5.41, 5.74) is -0.450. The smallest absolute Gasteiger partial charge is 0.228 e. The van der Waals surface area contributed by atoms with E-state index in [-0.39, 0.29) is 35.5 Å². The Labute approximate surface area is 107 Å². The van der Waals surface area contributed by atoms with Gasteiger partial charge in [-0.1, -0.05) is 13.3 Å². The normalized spacial score (nSPS) is 51.9. The monoisotopic (exact) mass is 249 g/mol. The minimum absolute atomic E-state index is 0.0362. The van der Waals surface area contributed by atoms with Crippen molar-refractivity contribution in [3.05, 3.63) is 0 Å². The number of fused-ring (bicyclic) bond motifs is 2. The molecule has 98 valence electrons. The zero-order valence-electron chi connectivity index (χ0n) is 10.9. The molecule has 0 aromatic rings. The van der Waals surface area contributed by atoms with E-state index in [1.165, 1.54) is 0 Å².